The molecule has 0 aliphatic rings. The molecule has 0 aliphatic carbocycles. The molecule has 128 valence electrons. The van der Waals surface area contributed by atoms with Gasteiger partial charge in [-0.15, -0.1) is 10.2 Å². The molecule has 0 amide bonds. The molecular formula is C17H15N3O4S. The number of hydrogen-bond donors (Lipinski definition) is 0. The van der Waals surface area contributed by atoms with E-state index < -0.39 is 4.92 Å². The molecular weight excluding hydrogens is 342 g/mol. The van der Waals surface area contributed by atoms with Gasteiger partial charge in [0.2, 0.25) is 0 Å². The summed E-state index contributed by atoms with van der Waals surface area (Å²) >= 11 is 1.34. The lowest BCUT2D eigenvalue weighted by Crippen LogP contribution is -1.92. The number of hydrogen-bond acceptors (Lipinski definition) is 7. The third kappa shape index (κ3) is 3.80. The van der Waals surface area contributed by atoms with Crippen LogP contribution in [0.1, 0.15) is 17.7 Å². The second-order valence-corrected chi connectivity index (χ2v) is 6.48. The number of nitro groups is 1. The number of nitrogens with zero attached hydrogens (tertiary/aromatic N) is 3. The van der Waals surface area contributed by atoms with Crippen LogP contribution in [0.15, 0.2) is 58.2 Å². The molecule has 2 aromatic carbocycles. The Labute approximate surface area is 148 Å². The SMILES string of the molecule is COc1ccccc1-c1nnc(SC(C)c2cccc([N+](=O)[O-])c2)o1. The number of ether oxygens (including phenoxy) is 1. The number of nitro benzene ring substituents is 1. The number of rotatable bonds is 6. The maximum absolute atomic E-state index is 10.9. The first kappa shape index (κ1) is 17.0. The van der Waals surface area contributed by atoms with Crippen LogP contribution in [0, 0.1) is 10.1 Å². The zero-order chi connectivity index (χ0) is 17.8. The average molecular weight is 357 g/mol. The largest absolute Gasteiger partial charge is 0.496 e. The van der Waals surface area contributed by atoms with Gasteiger partial charge in [-0.3, -0.25) is 10.1 Å². The first-order valence-corrected chi connectivity index (χ1v) is 8.34. The highest BCUT2D eigenvalue weighted by atomic mass is 32.2. The first-order valence-electron chi connectivity index (χ1n) is 7.46. The Morgan fingerprint density at radius 2 is 2.00 bits per heavy atom. The molecule has 1 aromatic heterocycles. The van der Waals surface area contributed by atoms with Crippen molar-refractivity contribution in [1.82, 2.24) is 10.2 Å². The maximum Gasteiger partial charge on any atom is 0.277 e. The van der Waals surface area contributed by atoms with Gasteiger partial charge in [-0.1, -0.05) is 36.0 Å². The quantitative estimate of drug-likeness (QED) is 0.364. The normalized spacial score (nSPS) is 11.9. The highest BCUT2D eigenvalue weighted by molar-refractivity contribution is 7.99. The Balaban J connectivity index is 1.79. The van der Waals surface area contributed by atoms with Gasteiger partial charge in [0.1, 0.15) is 5.75 Å². The molecule has 0 spiro atoms. The monoisotopic (exact) mass is 357 g/mol. The van der Waals surface area contributed by atoms with Crippen LogP contribution >= 0.6 is 11.8 Å². The van der Waals surface area contributed by atoms with Gasteiger partial charge in [-0.2, -0.15) is 0 Å². The molecule has 3 rings (SSSR count). The fraction of sp³-hybridized carbons (Fsp3) is 0.176. The van der Waals surface area contributed by atoms with Crippen molar-refractivity contribution in [2.75, 3.05) is 7.11 Å². The smallest absolute Gasteiger partial charge is 0.277 e. The lowest BCUT2D eigenvalue weighted by Gasteiger charge is -2.08. The second-order valence-electron chi connectivity index (χ2n) is 5.19. The standard InChI is InChI=1S/C17H15N3O4S/c1-11(12-6-5-7-13(10-12)20(21)22)25-17-19-18-16(24-17)14-8-3-4-9-15(14)23-2/h3-11H,1-2H3. The Kier molecular flexibility index (Phi) is 4.99. The molecule has 25 heavy (non-hydrogen) atoms. The molecule has 1 atom stereocenters. The van der Waals surface area contributed by atoms with Crippen LogP contribution < -0.4 is 4.74 Å². The third-order valence-electron chi connectivity index (χ3n) is 3.57. The summed E-state index contributed by atoms with van der Waals surface area (Å²) in [4.78, 5) is 10.5. The lowest BCUT2D eigenvalue weighted by atomic mass is 10.1. The summed E-state index contributed by atoms with van der Waals surface area (Å²) in [7, 11) is 1.58. The number of non-ortho nitro benzene ring substituents is 1. The van der Waals surface area contributed by atoms with E-state index in [1.807, 2.05) is 37.3 Å². The Hall–Kier alpha value is -2.87. The van der Waals surface area contributed by atoms with E-state index >= 15 is 0 Å². The number of aromatic nitrogens is 2. The summed E-state index contributed by atoms with van der Waals surface area (Å²) in [6, 6.07) is 13.9. The van der Waals surface area contributed by atoms with Gasteiger partial charge in [-0.05, 0) is 24.6 Å². The van der Waals surface area contributed by atoms with Gasteiger partial charge >= 0.3 is 0 Å². The van der Waals surface area contributed by atoms with Gasteiger partial charge in [0.25, 0.3) is 16.8 Å². The maximum atomic E-state index is 10.9. The minimum absolute atomic E-state index is 0.0604. The molecule has 0 N–H and O–H groups in total. The van der Waals surface area contributed by atoms with Crippen LogP contribution in [-0.2, 0) is 0 Å². The Morgan fingerprint density at radius 1 is 1.20 bits per heavy atom. The van der Waals surface area contributed by atoms with Crippen molar-refractivity contribution in [3.63, 3.8) is 0 Å². The number of thioether (sulfide) groups is 1. The average Bonchev–Trinajstić information content (AvgIpc) is 3.10. The molecule has 1 heterocycles. The van der Waals surface area contributed by atoms with Crippen LogP contribution in [0.4, 0.5) is 5.69 Å². The summed E-state index contributed by atoms with van der Waals surface area (Å²) < 4.78 is 11.0. The van der Waals surface area contributed by atoms with Crippen molar-refractivity contribution in [1.29, 1.82) is 0 Å². The molecule has 0 radical (unpaired) electrons. The molecule has 0 bridgehead atoms. The van der Waals surface area contributed by atoms with Crippen molar-refractivity contribution in [2.24, 2.45) is 0 Å². The molecule has 1 unspecified atom stereocenters. The Morgan fingerprint density at radius 3 is 2.76 bits per heavy atom. The first-order chi connectivity index (χ1) is 12.1. The topological polar surface area (TPSA) is 91.3 Å². The summed E-state index contributed by atoms with van der Waals surface area (Å²) in [6.45, 7) is 1.93. The zero-order valence-electron chi connectivity index (χ0n) is 13.6. The van der Waals surface area contributed by atoms with E-state index in [0.717, 1.165) is 5.56 Å². The van der Waals surface area contributed by atoms with E-state index in [0.29, 0.717) is 22.4 Å². The highest BCUT2D eigenvalue weighted by Crippen LogP contribution is 2.37. The molecule has 0 saturated carbocycles. The van der Waals surface area contributed by atoms with Crippen molar-refractivity contribution >= 4 is 17.4 Å². The van der Waals surface area contributed by atoms with Gasteiger partial charge < -0.3 is 9.15 Å². The minimum Gasteiger partial charge on any atom is -0.496 e. The second kappa shape index (κ2) is 7.35. The number of benzene rings is 2. The van der Waals surface area contributed by atoms with Gasteiger partial charge in [0.15, 0.2) is 0 Å². The lowest BCUT2D eigenvalue weighted by molar-refractivity contribution is -0.384. The fourth-order valence-corrected chi connectivity index (χ4v) is 3.10. The van der Waals surface area contributed by atoms with Crippen LogP contribution in [0.5, 0.6) is 5.75 Å². The Bertz CT molecular complexity index is 897. The van der Waals surface area contributed by atoms with Crippen molar-refractivity contribution < 1.29 is 14.1 Å². The van der Waals surface area contributed by atoms with Crippen LogP contribution in [0.25, 0.3) is 11.5 Å². The van der Waals surface area contributed by atoms with Gasteiger partial charge in [0, 0.05) is 17.4 Å². The van der Waals surface area contributed by atoms with E-state index in [1.165, 1.54) is 17.8 Å². The van der Waals surface area contributed by atoms with E-state index in [2.05, 4.69) is 10.2 Å². The molecule has 3 aromatic rings. The summed E-state index contributed by atoms with van der Waals surface area (Å²) in [5.74, 6) is 1.01. The van der Waals surface area contributed by atoms with E-state index in [-0.39, 0.29) is 10.9 Å². The molecule has 7 nitrogen and oxygen atoms in total. The minimum atomic E-state index is -0.409. The predicted octanol–water partition coefficient (Wildman–Crippen LogP) is 4.51. The number of methoxy groups -OCH3 is 1. The van der Waals surface area contributed by atoms with Crippen molar-refractivity contribution in [3.8, 4) is 17.2 Å². The van der Waals surface area contributed by atoms with E-state index in [1.54, 1.807) is 19.2 Å². The van der Waals surface area contributed by atoms with Crippen LogP contribution in [-0.4, -0.2) is 22.2 Å². The van der Waals surface area contributed by atoms with E-state index in [4.69, 9.17) is 9.15 Å². The third-order valence-corrected chi connectivity index (χ3v) is 4.56. The van der Waals surface area contributed by atoms with Crippen molar-refractivity contribution in [3.05, 3.63) is 64.2 Å². The highest BCUT2D eigenvalue weighted by Gasteiger charge is 2.17. The van der Waals surface area contributed by atoms with Crippen LogP contribution in [0.3, 0.4) is 0 Å². The molecule has 8 heteroatoms. The fourth-order valence-electron chi connectivity index (χ4n) is 2.30. The summed E-state index contributed by atoms with van der Waals surface area (Å²) in [5, 5.41) is 19.3. The van der Waals surface area contributed by atoms with Gasteiger partial charge in [-0.25, -0.2) is 0 Å². The summed E-state index contributed by atoms with van der Waals surface area (Å²) in [5.41, 5.74) is 1.59. The molecule has 0 aliphatic heterocycles. The van der Waals surface area contributed by atoms with Crippen LogP contribution in [0.2, 0.25) is 0 Å². The zero-order valence-corrected chi connectivity index (χ0v) is 14.4. The summed E-state index contributed by atoms with van der Waals surface area (Å²) in [6.07, 6.45) is 0. The molecule has 0 saturated heterocycles. The number of para-hydroxylation sites is 1. The molecule has 0 fully saturated rings. The van der Waals surface area contributed by atoms with Gasteiger partial charge in [0.05, 0.1) is 17.6 Å². The van der Waals surface area contributed by atoms with Crippen molar-refractivity contribution in [2.45, 2.75) is 17.4 Å². The predicted molar refractivity (Wildman–Crippen MR) is 93.7 cm³/mol. The van der Waals surface area contributed by atoms with E-state index in [9.17, 15) is 10.1 Å².